The Hall–Kier alpha value is -1.59. The van der Waals surface area contributed by atoms with Crippen molar-refractivity contribution in [3.8, 4) is 0 Å². The highest BCUT2D eigenvalue weighted by atomic mass is 16.7. The summed E-state index contributed by atoms with van der Waals surface area (Å²) in [5.74, 6) is 3.69. The van der Waals surface area contributed by atoms with Crippen molar-refractivity contribution in [1.29, 1.82) is 0 Å². The smallest absolute Gasteiger partial charge is 0.428 e. The van der Waals surface area contributed by atoms with Gasteiger partial charge in [-0.3, -0.25) is 0 Å². The van der Waals surface area contributed by atoms with E-state index in [0.29, 0.717) is 6.21 Å². The van der Waals surface area contributed by atoms with Gasteiger partial charge in [0.25, 0.3) is 0 Å². The molecule has 0 aromatic rings. The highest BCUT2D eigenvalue weighted by Gasteiger charge is 2.19. The predicted molar refractivity (Wildman–Crippen MR) is 45.0 cm³/mol. The quantitative estimate of drug-likeness (QED) is 0.211. The van der Waals surface area contributed by atoms with Gasteiger partial charge < -0.3 is 15.3 Å². The lowest BCUT2D eigenvalue weighted by atomic mass is 10.2. The van der Waals surface area contributed by atoms with Crippen molar-refractivity contribution in [2.45, 2.75) is 26.4 Å². The molecule has 0 saturated carbocycles. The molecule has 0 unspecified atom stereocenters. The Balaban J connectivity index is 3.96. The summed E-state index contributed by atoms with van der Waals surface area (Å²) < 4.78 is 8.81. The number of hydrazone groups is 1. The molecule has 6 nitrogen and oxygen atoms in total. The first kappa shape index (κ1) is 11.4. The Morgan fingerprint density at radius 3 is 2.31 bits per heavy atom. The van der Waals surface area contributed by atoms with Gasteiger partial charge in [-0.15, -0.1) is 0 Å². The number of nitrogens with two attached hydrogens (primary N) is 1. The minimum atomic E-state index is -1.07. The van der Waals surface area contributed by atoms with Crippen LogP contribution in [0.15, 0.2) is 5.10 Å². The molecule has 0 saturated heterocycles. The third-order valence-corrected chi connectivity index (χ3v) is 0.753. The van der Waals surface area contributed by atoms with Gasteiger partial charge in [-0.1, -0.05) is 0 Å². The zero-order valence-electron chi connectivity index (χ0n) is 7.73. The maximum atomic E-state index is 10.8. The van der Waals surface area contributed by atoms with Crippen LogP contribution in [0, 0.1) is 0 Å². The fraction of sp³-hybridized carbons (Fsp3) is 0.571. The number of ether oxygens (including phenoxy) is 2. The maximum absolute atomic E-state index is 10.8. The molecule has 0 aromatic heterocycles. The second kappa shape index (κ2) is 4.44. The molecule has 0 amide bonds. The first-order valence-corrected chi connectivity index (χ1v) is 3.53. The fourth-order valence-corrected chi connectivity index (χ4v) is 0.440. The van der Waals surface area contributed by atoms with E-state index >= 15 is 0 Å². The van der Waals surface area contributed by atoms with Crippen LogP contribution in [0.25, 0.3) is 0 Å². The number of esters is 1. The minimum absolute atomic E-state index is 0.671. The van der Waals surface area contributed by atoms with Gasteiger partial charge in [-0.25, -0.2) is 9.59 Å². The van der Waals surface area contributed by atoms with Crippen LogP contribution in [0.4, 0.5) is 4.79 Å². The van der Waals surface area contributed by atoms with Crippen LogP contribution in [0.1, 0.15) is 20.8 Å². The number of rotatable bonds is 1. The van der Waals surface area contributed by atoms with Gasteiger partial charge in [0, 0.05) is 0 Å². The van der Waals surface area contributed by atoms with E-state index in [-0.39, 0.29) is 0 Å². The first-order chi connectivity index (χ1) is 5.85. The number of nitrogens with zero attached hydrogens (tertiary/aromatic N) is 1. The second-order valence-corrected chi connectivity index (χ2v) is 3.16. The molecular weight excluding hydrogens is 176 g/mol. The molecule has 2 N–H and O–H groups in total. The summed E-state index contributed by atoms with van der Waals surface area (Å²) in [6.07, 6.45) is -0.401. The number of carbonyl (C=O) groups is 2. The fourth-order valence-electron chi connectivity index (χ4n) is 0.440. The van der Waals surface area contributed by atoms with E-state index in [1.165, 1.54) is 0 Å². The van der Waals surface area contributed by atoms with Crippen molar-refractivity contribution in [2.75, 3.05) is 0 Å². The molecular formula is C7H12N2O4. The molecule has 0 aliphatic heterocycles. The van der Waals surface area contributed by atoms with Crippen LogP contribution in [-0.2, 0) is 14.3 Å². The van der Waals surface area contributed by atoms with Crippen molar-refractivity contribution >= 4 is 18.3 Å². The first-order valence-electron chi connectivity index (χ1n) is 3.53. The predicted octanol–water partition coefficient (Wildman–Crippen LogP) is 0.409. The van der Waals surface area contributed by atoms with E-state index in [4.69, 9.17) is 0 Å². The summed E-state index contributed by atoms with van der Waals surface area (Å²) in [4.78, 5) is 21.4. The summed E-state index contributed by atoms with van der Waals surface area (Å²) in [5, 5.41) is 2.88. The van der Waals surface area contributed by atoms with Gasteiger partial charge in [-0.2, -0.15) is 5.10 Å². The summed E-state index contributed by atoms with van der Waals surface area (Å²) in [6.45, 7) is 4.95. The van der Waals surface area contributed by atoms with E-state index in [1.54, 1.807) is 20.8 Å². The largest absolute Gasteiger partial charge is 0.516 e. The monoisotopic (exact) mass is 188 g/mol. The van der Waals surface area contributed by atoms with E-state index in [0.717, 1.165) is 0 Å². The van der Waals surface area contributed by atoms with Gasteiger partial charge in [0.15, 0.2) is 0 Å². The van der Waals surface area contributed by atoms with Crippen molar-refractivity contribution in [3.63, 3.8) is 0 Å². The third kappa shape index (κ3) is 6.79. The van der Waals surface area contributed by atoms with Crippen molar-refractivity contribution < 1.29 is 19.1 Å². The average molecular weight is 188 g/mol. The van der Waals surface area contributed by atoms with Crippen LogP contribution < -0.4 is 5.84 Å². The molecule has 0 radical (unpaired) electrons. The van der Waals surface area contributed by atoms with Crippen LogP contribution in [-0.4, -0.2) is 23.9 Å². The van der Waals surface area contributed by atoms with E-state index in [1.807, 2.05) is 0 Å². The highest BCUT2D eigenvalue weighted by molar-refractivity contribution is 6.25. The molecule has 0 spiro atoms. The molecule has 0 aliphatic rings. The zero-order chi connectivity index (χ0) is 10.5. The SMILES string of the molecule is CC(C)(C)OC(=O)OC(=O)C=NN. The van der Waals surface area contributed by atoms with Gasteiger partial charge in [0.2, 0.25) is 0 Å². The molecule has 0 atom stereocenters. The summed E-state index contributed by atoms with van der Waals surface area (Å²) in [7, 11) is 0. The Bertz CT molecular complexity index is 229. The molecule has 0 aromatic carbocycles. The Morgan fingerprint density at radius 1 is 1.38 bits per heavy atom. The minimum Gasteiger partial charge on any atom is -0.428 e. The Morgan fingerprint density at radius 2 is 1.92 bits per heavy atom. The molecule has 0 rings (SSSR count). The molecule has 13 heavy (non-hydrogen) atoms. The van der Waals surface area contributed by atoms with Crippen LogP contribution >= 0.6 is 0 Å². The van der Waals surface area contributed by atoms with Crippen LogP contribution in [0.5, 0.6) is 0 Å². The normalized spacial score (nSPS) is 11.3. The van der Waals surface area contributed by atoms with Gasteiger partial charge in [0.1, 0.15) is 11.8 Å². The zero-order valence-corrected chi connectivity index (χ0v) is 7.73. The molecule has 74 valence electrons. The standard InChI is InChI=1S/C7H12N2O4/c1-7(2,3)13-6(11)12-5(10)4-9-8/h4H,8H2,1-3H3. The van der Waals surface area contributed by atoms with E-state index in [9.17, 15) is 9.59 Å². The summed E-state index contributed by atoms with van der Waals surface area (Å²) in [6, 6.07) is 0. The topological polar surface area (TPSA) is 91.0 Å². The lowest BCUT2D eigenvalue weighted by Gasteiger charge is -2.17. The van der Waals surface area contributed by atoms with Gasteiger partial charge in [0.05, 0.1) is 0 Å². The molecule has 0 fully saturated rings. The highest BCUT2D eigenvalue weighted by Crippen LogP contribution is 2.07. The molecule has 6 heteroatoms. The molecule has 0 heterocycles. The Labute approximate surface area is 75.7 Å². The molecule has 0 bridgehead atoms. The lowest BCUT2D eigenvalue weighted by molar-refractivity contribution is -0.133. The summed E-state index contributed by atoms with van der Waals surface area (Å²) in [5.41, 5.74) is -0.697. The van der Waals surface area contributed by atoms with E-state index < -0.39 is 17.7 Å². The third-order valence-electron chi connectivity index (χ3n) is 0.753. The summed E-state index contributed by atoms with van der Waals surface area (Å²) >= 11 is 0. The maximum Gasteiger partial charge on any atom is 0.516 e. The lowest BCUT2D eigenvalue weighted by Crippen LogP contribution is -2.26. The van der Waals surface area contributed by atoms with Crippen LogP contribution in [0.2, 0.25) is 0 Å². The average Bonchev–Trinajstić information content (AvgIpc) is 1.81. The van der Waals surface area contributed by atoms with Crippen LogP contribution in [0.3, 0.4) is 0 Å². The van der Waals surface area contributed by atoms with Crippen molar-refractivity contribution in [2.24, 2.45) is 10.9 Å². The molecule has 0 aliphatic carbocycles. The van der Waals surface area contributed by atoms with Gasteiger partial charge >= 0.3 is 12.1 Å². The number of carbonyl (C=O) groups excluding carboxylic acids is 2. The second-order valence-electron chi connectivity index (χ2n) is 3.16. The van der Waals surface area contributed by atoms with E-state index in [2.05, 4.69) is 20.4 Å². The Kier molecular flexibility index (Phi) is 3.90. The van der Waals surface area contributed by atoms with Crippen molar-refractivity contribution in [3.05, 3.63) is 0 Å². The number of hydrogen-bond donors (Lipinski definition) is 1. The van der Waals surface area contributed by atoms with Crippen molar-refractivity contribution in [1.82, 2.24) is 0 Å². The number of hydrogen-bond acceptors (Lipinski definition) is 6. The van der Waals surface area contributed by atoms with Gasteiger partial charge in [-0.05, 0) is 20.8 Å².